The van der Waals surface area contributed by atoms with Crippen LogP contribution in [0, 0.1) is 15.9 Å². The molecule has 0 heterocycles. The Kier molecular flexibility index (Phi) is 4.72. The van der Waals surface area contributed by atoms with Crippen LogP contribution in [0.4, 0.5) is 10.1 Å². The smallest absolute Gasteiger partial charge is 0.304 e. The molecule has 0 radical (unpaired) electrons. The van der Waals surface area contributed by atoms with E-state index in [4.69, 9.17) is 22.1 Å². The third-order valence-corrected chi connectivity index (χ3v) is 3.13. The maximum absolute atomic E-state index is 13.5. The van der Waals surface area contributed by atoms with Crippen LogP contribution in [0.15, 0.2) is 36.4 Å². The van der Waals surface area contributed by atoms with Crippen molar-refractivity contribution in [1.82, 2.24) is 0 Å². The van der Waals surface area contributed by atoms with Crippen LogP contribution >= 0.6 is 11.6 Å². The summed E-state index contributed by atoms with van der Waals surface area (Å²) in [5, 5.41) is 10.9. The third kappa shape index (κ3) is 3.68. The predicted octanol–water partition coefficient (Wildman–Crippen LogP) is 3.43. The summed E-state index contributed by atoms with van der Waals surface area (Å²) >= 11 is 6.03. The highest BCUT2D eigenvalue weighted by atomic mass is 35.5. The van der Waals surface area contributed by atoms with Crippen molar-refractivity contribution in [3.8, 4) is 5.75 Å². The van der Waals surface area contributed by atoms with Gasteiger partial charge in [0, 0.05) is 12.6 Å². The van der Waals surface area contributed by atoms with Gasteiger partial charge in [0.15, 0.2) is 0 Å². The molecule has 0 aliphatic carbocycles. The molecule has 2 aromatic rings. The molecule has 0 amide bonds. The Bertz CT molecular complexity index is 679. The van der Waals surface area contributed by atoms with E-state index in [-0.39, 0.29) is 6.61 Å². The molecule has 0 spiro atoms. The van der Waals surface area contributed by atoms with Gasteiger partial charge in [0.25, 0.3) is 0 Å². The van der Waals surface area contributed by atoms with Crippen LogP contribution in [0.2, 0.25) is 5.02 Å². The lowest BCUT2D eigenvalue weighted by atomic mass is 10.2. The molecule has 2 N–H and O–H groups in total. The predicted molar refractivity (Wildman–Crippen MR) is 76.7 cm³/mol. The average molecular weight is 311 g/mol. The Morgan fingerprint density at radius 2 is 1.95 bits per heavy atom. The number of nitro groups is 1. The van der Waals surface area contributed by atoms with Crippen molar-refractivity contribution in [2.75, 3.05) is 0 Å². The first-order chi connectivity index (χ1) is 10.0. The van der Waals surface area contributed by atoms with E-state index in [2.05, 4.69) is 0 Å². The van der Waals surface area contributed by atoms with Crippen molar-refractivity contribution in [1.29, 1.82) is 0 Å². The normalized spacial score (nSPS) is 10.4. The molecule has 0 atom stereocenters. The summed E-state index contributed by atoms with van der Waals surface area (Å²) in [4.78, 5) is 9.75. The minimum absolute atomic E-state index is 0.0522. The van der Waals surface area contributed by atoms with Crippen molar-refractivity contribution in [2.45, 2.75) is 13.2 Å². The van der Waals surface area contributed by atoms with Gasteiger partial charge in [0.1, 0.15) is 12.4 Å². The highest BCUT2D eigenvalue weighted by molar-refractivity contribution is 6.32. The Morgan fingerprint density at radius 3 is 2.52 bits per heavy atom. The van der Waals surface area contributed by atoms with Gasteiger partial charge < -0.3 is 10.5 Å². The fraction of sp³-hybridized carbons (Fsp3) is 0.143. The van der Waals surface area contributed by atoms with Gasteiger partial charge in [-0.3, -0.25) is 10.1 Å². The molecule has 7 heteroatoms. The maximum Gasteiger partial charge on any atom is 0.304 e. The van der Waals surface area contributed by atoms with Gasteiger partial charge >= 0.3 is 5.69 Å². The molecule has 0 fully saturated rings. The van der Waals surface area contributed by atoms with Crippen LogP contribution < -0.4 is 10.5 Å². The first kappa shape index (κ1) is 15.2. The lowest BCUT2D eigenvalue weighted by Gasteiger charge is -2.09. The second kappa shape index (κ2) is 6.51. The number of nitrogens with zero attached hydrogens (tertiary/aromatic N) is 1. The standard InChI is InChI=1S/C14H12ClFN2O3/c15-11-5-9(7-17)2-4-14(11)21-8-10-1-3-13(18(19)20)12(16)6-10/h1-6H,7-8,17H2. The molecule has 5 nitrogen and oxygen atoms in total. The van der Waals surface area contributed by atoms with Gasteiger partial charge in [-0.25, -0.2) is 0 Å². The highest BCUT2D eigenvalue weighted by Gasteiger charge is 2.14. The Hall–Kier alpha value is -2.18. The fourth-order valence-electron chi connectivity index (χ4n) is 1.74. The Labute approximate surface area is 125 Å². The molecular weight excluding hydrogens is 299 g/mol. The first-order valence-corrected chi connectivity index (χ1v) is 6.43. The molecule has 0 aliphatic rings. The molecule has 0 saturated heterocycles. The summed E-state index contributed by atoms with van der Waals surface area (Å²) in [6, 6.07) is 8.74. The topological polar surface area (TPSA) is 78.4 Å². The van der Waals surface area contributed by atoms with E-state index in [1.807, 2.05) is 0 Å². The van der Waals surface area contributed by atoms with Crippen LogP contribution in [0.1, 0.15) is 11.1 Å². The molecule has 0 aliphatic heterocycles. The van der Waals surface area contributed by atoms with Gasteiger partial charge in [-0.1, -0.05) is 17.7 Å². The monoisotopic (exact) mass is 310 g/mol. The molecule has 0 aromatic heterocycles. The average Bonchev–Trinajstić information content (AvgIpc) is 2.45. The molecule has 0 saturated carbocycles. The van der Waals surface area contributed by atoms with E-state index in [0.717, 1.165) is 17.7 Å². The number of halogens is 2. The summed E-state index contributed by atoms with van der Waals surface area (Å²) in [5.41, 5.74) is 6.27. The molecule has 110 valence electrons. The number of rotatable bonds is 5. The number of benzene rings is 2. The van der Waals surface area contributed by atoms with Gasteiger partial charge in [-0.15, -0.1) is 0 Å². The zero-order valence-electron chi connectivity index (χ0n) is 10.9. The van der Waals surface area contributed by atoms with Crippen LogP contribution in [0.25, 0.3) is 0 Å². The zero-order chi connectivity index (χ0) is 15.4. The number of hydrogen-bond donors (Lipinski definition) is 1. The van der Waals surface area contributed by atoms with E-state index < -0.39 is 16.4 Å². The number of hydrogen-bond acceptors (Lipinski definition) is 4. The van der Waals surface area contributed by atoms with Crippen LogP contribution in [-0.4, -0.2) is 4.92 Å². The van der Waals surface area contributed by atoms with E-state index in [1.54, 1.807) is 18.2 Å². The van der Waals surface area contributed by atoms with Gasteiger partial charge in [-0.05, 0) is 35.4 Å². The first-order valence-electron chi connectivity index (χ1n) is 6.05. The molecule has 2 rings (SSSR count). The van der Waals surface area contributed by atoms with Crippen molar-refractivity contribution in [3.05, 3.63) is 68.5 Å². The second-order valence-electron chi connectivity index (χ2n) is 4.30. The summed E-state index contributed by atoms with van der Waals surface area (Å²) < 4.78 is 18.9. The molecule has 21 heavy (non-hydrogen) atoms. The number of nitro benzene ring substituents is 1. The minimum atomic E-state index is -0.898. The van der Waals surface area contributed by atoms with Crippen molar-refractivity contribution >= 4 is 17.3 Å². The van der Waals surface area contributed by atoms with Crippen molar-refractivity contribution in [3.63, 3.8) is 0 Å². The molecule has 0 bridgehead atoms. The number of nitrogens with two attached hydrogens (primary N) is 1. The van der Waals surface area contributed by atoms with Crippen molar-refractivity contribution in [2.24, 2.45) is 5.73 Å². The summed E-state index contributed by atoms with van der Waals surface area (Å²) in [7, 11) is 0. The van der Waals surface area contributed by atoms with E-state index >= 15 is 0 Å². The van der Waals surface area contributed by atoms with Gasteiger partial charge in [0.2, 0.25) is 5.82 Å². The minimum Gasteiger partial charge on any atom is -0.487 e. The van der Waals surface area contributed by atoms with Crippen LogP contribution in [0.5, 0.6) is 5.75 Å². The second-order valence-corrected chi connectivity index (χ2v) is 4.71. The summed E-state index contributed by atoms with van der Waals surface area (Å²) in [6.07, 6.45) is 0. The molecule has 0 unspecified atom stereocenters. The highest BCUT2D eigenvalue weighted by Crippen LogP contribution is 2.26. The third-order valence-electron chi connectivity index (χ3n) is 2.84. The SMILES string of the molecule is NCc1ccc(OCc2ccc([N+](=O)[O-])c(F)c2)c(Cl)c1. The Morgan fingerprint density at radius 1 is 1.24 bits per heavy atom. The summed E-state index contributed by atoms with van der Waals surface area (Å²) in [6.45, 7) is 0.421. The van der Waals surface area contributed by atoms with Gasteiger partial charge in [0.05, 0.1) is 9.95 Å². The summed E-state index contributed by atoms with van der Waals surface area (Å²) in [5.74, 6) is -0.460. The number of ether oxygens (including phenoxy) is 1. The molecular formula is C14H12ClFN2O3. The van der Waals surface area contributed by atoms with E-state index in [1.165, 1.54) is 6.07 Å². The zero-order valence-corrected chi connectivity index (χ0v) is 11.6. The Balaban J connectivity index is 2.10. The lowest BCUT2D eigenvalue weighted by Crippen LogP contribution is -2.00. The van der Waals surface area contributed by atoms with E-state index in [0.29, 0.717) is 22.9 Å². The fourth-order valence-corrected chi connectivity index (χ4v) is 2.00. The quantitative estimate of drug-likeness (QED) is 0.678. The largest absolute Gasteiger partial charge is 0.487 e. The van der Waals surface area contributed by atoms with Gasteiger partial charge in [-0.2, -0.15) is 4.39 Å². The van der Waals surface area contributed by atoms with Crippen molar-refractivity contribution < 1.29 is 14.1 Å². The lowest BCUT2D eigenvalue weighted by molar-refractivity contribution is -0.387. The molecule has 2 aromatic carbocycles. The maximum atomic E-state index is 13.5. The van der Waals surface area contributed by atoms with E-state index in [9.17, 15) is 14.5 Å². The van der Waals surface area contributed by atoms with Crippen LogP contribution in [0.3, 0.4) is 0 Å². The van der Waals surface area contributed by atoms with Crippen LogP contribution in [-0.2, 0) is 13.2 Å².